The van der Waals surface area contributed by atoms with Crippen LogP contribution in [0.15, 0.2) is 24.3 Å². The number of carboxylic acids is 1. The van der Waals surface area contributed by atoms with Crippen molar-refractivity contribution in [3.05, 3.63) is 29.8 Å². The normalized spacial score (nSPS) is 23.0. The second kappa shape index (κ2) is 6.60. The van der Waals surface area contributed by atoms with E-state index in [2.05, 4.69) is 12.1 Å². The van der Waals surface area contributed by atoms with Crippen LogP contribution in [0.2, 0.25) is 0 Å². The van der Waals surface area contributed by atoms with Gasteiger partial charge >= 0.3 is 5.97 Å². The van der Waals surface area contributed by atoms with E-state index in [1.807, 2.05) is 12.1 Å². The van der Waals surface area contributed by atoms with Gasteiger partial charge in [0, 0.05) is 6.42 Å². The van der Waals surface area contributed by atoms with Gasteiger partial charge in [-0.1, -0.05) is 25.0 Å². The zero-order valence-electron chi connectivity index (χ0n) is 11.5. The molecule has 19 heavy (non-hydrogen) atoms. The fourth-order valence-electron chi connectivity index (χ4n) is 3.15. The number of hydrogen-bond donors (Lipinski definition) is 1. The van der Waals surface area contributed by atoms with E-state index >= 15 is 0 Å². The third-order valence-corrected chi connectivity index (χ3v) is 4.14. The molecule has 3 heteroatoms. The molecule has 0 aromatic heterocycles. The monoisotopic (exact) mass is 262 g/mol. The van der Waals surface area contributed by atoms with Crippen molar-refractivity contribution in [2.75, 3.05) is 7.11 Å². The molecule has 0 bridgehead atoms. The summed E-state index contributed by atoms with van der Waals surface area (Å²) in [7, 11) is 1.67. The average Bonchev–Trinajstić information content (AvgIpc) is 2.41. The molecule has 2 atom stereocenters. The minimum Gasteiger partial charge on any atom is -0.497 e. The van der Waals surface area contributed by atoms with Crippen LogP contribution in [0.5, 0.6) is 5.75 Å². The zero-order valence-corrected chi connectivity index (χ0v) is 11.5. The molecule has 0 spiro atoms. The Labute approximate surface area is 114 Å². The van der Waals surface area contributed by atoms with Crippen LogP contribution in [0.1, 0.15) is 37.7 Å². The van der Waals surface area contributed by atoms with Gasteiger partial charge in [0.1, 0.15) is 5.75 Å². The SMILES string of the molecule is COc1cccc(CC2CCCCC2CC(=O)O)c1. The van der Waals surface area contributed by atoms with Crippen LogP contribution in [0.3, 0.4) is 0 Å². The quantitative estimate of drug-likeness (QED) is 0.883. The molecule has 2 unspecified atom stereocenters. The molecule has 1 aromatic rings. The predicted octanol–water partition coefficient (Wildman–Crippen LogP) is 3.52. The topological polar surface area (TPSA) is 46.5 Å². The zero-order chi connectivity index (χ0) is 13.7. The Bertz CT molecular complexity index is 428. The highest BCUT2D eigenvalue weighted by atomic mass is 16.5. The van der Waals surface area contributed by atoms with E-state index < -0.39 is 5.97 Å². The summed E-state index contributed by atoms with van der Waals surface area (Å²) in [6.45, 7) is 0. The first-order valence-corrected chi connectivity index (χ1v) is 7.03. The molecule has 1 aliphatic carbocycles. The maximum atomic E-state index is 10.9. The highest BCUT2D eigenvalue weighted by molar-refractivity contribution is 5.67. The van der Waals surface area contributed by atoms with E-state index in [9.17, 15) is 4.79 Å². The molecule has 3 nitrogen and oxygen atoms in total. The average molecular weight is 262 g/mol. The van der Waals surface area contributed by atoms with Crippen LogP contribution in [0, 0.1) is 11.8 Å². The predicted molar refractivity (Wildman–Crippen MR) is 74.4 cm³/mol. The second-order valence-electron chi connectivity index (χ2n) is 5.46. The van der Waals surface area contributed by atoms with Crippen molar-refractivity contribution in [2.45, 2.75) is 38.5 Å². The second-order valence-corrected chi connectivity index (χ2v) is 5.46. The maximum Gasteiger partial charge on any atom is 0.303 e. The molecular weight excluding hydrogens is 240 g/mol. The van der Waals surface area contributed by atoms with E-state index in [1.54, 1.807) is 7.11 Å². The van der Waals surface area contributed by atoms with E-state index in [4.69, 9.17) is 9.84 Å². The molecule has 0 radical (unpaired) electrons. The lowest BCUT2D eigenvalue weighted by molar-refractivity contribution is -0.138. The highest BCUT2D eigenvalue weighted by Gasteiger charge is 2.27. The lowest BCUT2D eigenvalue weighted by atomic mass is 9.75. The van der Waals surface area contributed by atoms with Gasteiger partial charge in [0.15, 0.2) is 0 Å². The minimum absolute atomic E-state index is 0.314. The summed E-state index contributed by atoms with van der Waals surface area (Å²) >= 11 is 0. The third kappa shape index (κ3) is 3.98. The van der Waals surface area contributed by atoms with Crippen molar-refractivity contribution >= 4 is 5.97 Å². The molecule has 1 N–H and O–H groups in total. The highest BCUT2D eigenvalue weighted by Crippen LogP contribution is 2.35. The summed E-state index contributed by atoms with van der Waals surface area (Å²) in [5.74, 6) is 1.04. The van der Waals surface area contributed by atoms with Gasteiger partial charge in [0.2, 0.25) is 0 Å². The van der Waals surface area contributed by atoms with Crippen LogP contribution in [0.4, 0.5) is 0 Å². The minimum atomic E-state index is -0.664. The summed E-state index contributed by atoms with van der Waals surface area (Å²) in [6, 6.07) is 8.11. The smallest absolute Gasteiger partial charge is 0.303 e. The Balaban J connectivity index is 2.03. The summed E-state index contributed by atoms with van der Waals surface area (Å²) in [4.78, 5) is 10.9. The molecular formula is C16H22O3. The molecule has 0 amide bonds. The first-order valence-electron chi connectivity index (χ1n) is 7.03. The first-order chi connectivity index (χ1) is 9.19. The van der Waals surface area contributed by atoms with E-state index in [0.717, 1.165) is 25.0 Å². The Morgan fingerprint density at radius 1 is 1.32 bits per heavy atom. The summed E-state index contributed by atoms with van der Waals surface area (Å²) < 4.78 is 5.24. The van der Waals surface area contributed by atoms with Crippen LogP contribution in [-0.2, 0) is 11.2 Å². The largest absolute Gasteiger partial charge is 0.497 e. The summed E-state index contributed by atoms with van der Waals surface area (Å²) in [5.41, 5.74) is 1.25. The van der Waals surface area contributed by atoms with Crippen molar-refractivity contribution in [3.8, 4) is 5.75 Å². The van der Waals surface area contributed by atoms with Gasteiger partial charge in [-0.2, -0.15) is 0 Å². The van der Waals surface area contributed by atoms with Gasteiger partial charge < -0.3 is 9.84 Å². The van der Waals surface area contributed by atoms with Gasteiger partial charge in [-0.15, -0.1) is 0 Å². The number of aliphatic carboxylic acids is 1. The first kappa shape index (κ1) is 13.9. The number of hydrogen-bond acceptors (Lipinski definition) is 2. The van der Waals surface area contributed by atoms with Gasteiger partial charge in [0.25, 0.3) is 0 Å². The number of rotatable bonds is 5. The Morgan fingerprint density at radius 3 is 2.74 bits per heavy atom. The molecule has 1 fully saturated rings. The summed E-state index contributed by atoms with van der Waals surface area (Å²) in [5, 5.41) is 9.01. The van der Waals surface area contributed by atoms with Gasteiger partial charge in [-0.25, -0.2) is 0 Å². The van der Waals surface area contributed by atoms with Crippen LogP contribution < -0.4 is 4.74 Å². The van der Waals surface area contributed by atoms with Crippen LogP contribution >= 0.6 is 0 Å². The molecule has 1 aliphatic rings. The van der Waals surface area contributed by atoms with Crippen LogP contribution in [-0.4, -0.2) is 18.2 Å². The fraction of sp³-hybridized carbons (Fsp3) is 0.562. The molecule has 1 aromatic carbocycles. The van der Waals surface area contributed by atoms with Crippen molar-refractivity contribution in [1.29, 1.82) is 0 Å². The van der Waals surface area contributed by atoms with Gasteiger partial charge in [-0.05, 0) is 48.8 Å². The number of benzene rings is 1. The van der Waals surface area contributed by atoms with E-state index in [1.165, 1.54) is 18.4 Å². The van der Waals surface area contributed by atoms with Crippen molar-refractivity contribution in [2.24, 2.45) is 11.8 Å². The molecule has 1 saturated carbocycles. The van der Waals surface area contributed by atoms with Gasteiger partial charge in [0.05, 0.1) is 7.11 Å². The van der Waals surface area contributed by atoms with Crippen LogP contribution in [0.25, 0.3) is 0 Å². The molecule has 104 valence electrons. The standard InChI is InChI=1S/C16H22O3/c1-19-15-8-4-5-12(10-15)9-13-6-2-3-7-14(13)11-16(17)18/h4-5,8,10,13-14H,2-3,6-7,9,11H2,1H3,(H,17,18). The van der Waals surface area contributed by atoms with E-state index in [0.29, 0.717) is 18.3 Å². The molecule has 2 rings (SSSR count). The Morgan fingerprint density at radius 2 is 2.05 bits per heavy atom. The number of carbonyl (C=O) groups is 1. The molecule has 0 aliphatic heterocycles. The Hall–Kier alpha value is -1.51. The lowest BCUT2D eigenvalue weighted by Crippen LogP contribution is -2.24. The third-order valence-electron chi connectivity index (χ3n) is 4.14. The van der Waals surface area contributed by atoms with Crippen molar-refractivity contribution in [3.63, 3.8) is 0 Å². The van der Waals surface area contributed by atoms with Crippen molar-refractivity contribution < 1.29 is 14.6 Å². The molecule has 0 saturated heterocycles. The number of ether oxygens (including phenoxy) is 1. The number of carboxylic acid groups (broad SMARTS) is 1. The maximum absolute atomic E-state index is 10.9. The van der Waals surface area contributed by atoms with E-state index in [-0.39, 0.29) is 0 Å². The van der Waals surface area contributed by atoms with Crippen molar-refractivity contribution in [1.82, 2.24) is 0 Å². The number of methoxy groups -OCH3 is 1. The molecule has 0 heterocycles. The van der Waals surface area contributed by atoms with Gasteiger partial charge in [-0.3, -0.25) is 4.79 Å². The fourth-order valence-corrected chi connectivity index (χ4v) is 3.15. The lowest BCUT2D eigenvalue weighted by Gasteiger charge is -2.30. The summed E-state index contributed by atoms with van der Waals surface area (Å²) in [6.07, 6.45) is 5.89. The Kier molecular flexibility index (Phi) is 4.83.